The maximum Gasteiger partial charge on any atom is 0.166 e. The van der Waals surface area contributed by atoms with E-state index in [1.165, 1.54) is 21.5 Å². The van der Waals surface area contributed by atoms with Crippen LogP contribution in [0.3, 0.4) is 0 Å². The minimum absolute atomic E-state index is 0.567. The summed E-state index contributed by atoms with van der Waals surface area (Å²) < 4.78 is 7.21. The molecule has 0 fully saturated rings. The molecule has 69 heavy (non-hydrogen) atoms. The van der Waals surface area contributed by atoms with Crippen LogP contribution in [-0.4, -0.2) is 33.6 Å². The molecule has 0 spiro atoms. The number of rotatable bonds is 7. The molecule has 0 saturated heterocycles. The second-order valence-electron chi connectivity index (χ2n) is 17.5. The monoisotopic (exact) mass is 881 g/mol. The third-order valence-corrected chi connectivity index (χ3v) is 13.6. The summed E-state index contributed by atoms with van der Waals surface area (Å²) in [4.78, 5) is 20.6. The number of pyridine rings is 1. The predicted molar refractivity (Wildman–Crippen MR) is 282 cm³/mol. The highest BCUT2D eigenvalue weighted by atomic mass is 15.1. The van der Waals surface area contributed by atoms with Crippen molar-refractivity contribution in [3.05, 3.63) is 237 Å². The molecule has 7 nitrogen and oxygen atoms in total. The quantitative estimate of drug-likeness (QED) is 0.160. The van der Waals surface area contributed by atoms with Gasteiger partial charge in [-0.15, -0.1) is 0 Å². The third kappa shape index (κ3) is 6.21. The minimum atomic E-state index is 0.567. The SMILES string of the molecule is c1ccc(-c2nc(-c3ccccc3)nc(-c3ccc(-c4ccccn4)cc3-n3c4cc(-n5c6ccccc6c6ccccc65)ccc4c4ccc(-n5c6ccccc6c6ccccc65)cc43)n2)cc1. The molecule has 0 N–H and O–H groups in total. The van der Waals surface area contributed by atoms with E-state index < -0.39 is 0 Å². The van der Waals surface area contributed by atoms with Gasteiger partial charge in [0.2, 0.25) is 0 Å². The molecule has 0 aliphatic carbocycles. The first-order chi connectivity index (χ1) is 34.2. The summed E-state index contributed by atoms with van der Waals surface area (Å²) >= 11 is 0. The zero-order valence-electron chi connectivity index (χ0n) is 37.1. The fraction of sp³-hybridized carbons (Fsp3) is 0. The molecule has 0 aliphatic heterocycles. The Morgan fingerprint density at radius 1 is 0.275 bits per heavy atom. The molecule has 14 aromatic rings. The number of hydrogen-bond donors (Lipinski definition) is 0. The van der Waals surface area contributed by atoms with Gasteiger partial charge in [0.05, 0.1) is 44.5 Å². The van der Waals surface area contributed by atoms with Crippen LogP contribution in [-0.2, 0) is 0 Å². The van der Waals surface area contributed by atoms with Crippen LogP contribution in [0, 0.1) is 0 Å². The number of benzene rings is 9. The van der Waals surface area contributed by atoms with E-state index in [0.29, 0.717) is 17.5 Å². The fourth-order valence-corrected chi connectivity index (χ4v) is 10.5. The molecule has 5 heterocycles. The Labute approximate surface area is 396 Å². The standard InChI is InChI=1S/C62H39N7/c1-3-17-40(18-4-1)60-64-61(41-19-5-2-6-20-41)66-62(65-60)51-33-30-42(52-25-15-16-36-63-52)37-57(51)69-58-38-43(67-53-26-11-7-21-45(53)46-22-8-12-27-54(46)67)31-34-49(58)50-35-32-44(39-59(50)69)68-55-28-13-9-23-47(55)48-24-10-14-29-56(48)68/h1-39H. The number of nitrogens with zero attached hydrogens (tertiary/aromatic N) is 7. The highest BCUT2D eigenvalue weighted by Crippen LogP contribution is 2.42. The maximum absolute atomic E-state index is 5.33. The Morgan fingerprint density at radius 2 is 0.696 bits per heavy atom. The zero-order valence-corrected chi connectivity index (χ0v) is 37.1. The number of para-hydroxylation sites is 4. The van der Waals surface area contributed by atoms with Crippen molar-refractivity contribution in [1.82, 2.24) is 33.6 Å². The van der Waals surface area contributed by atoms with Crippen LogP contribution in [0.2, 0.25) is 0 Å². The van der Waals surface area contributed by atoms with E-state index in [1.807, 2.05) is 54.7 Å². The lowest BCUT2D eigenvalue weighted by Gasteiger charge is -2.17. The molecule has 5 aromatic heterocycles. The zero-order chi connectivity index (χ0) is 45.4. The van der Waals surface area contributed by atoms with Crippen LogP contribution >= 0.6 is 0 Å². The summed E-state index contributed by atoms with van der Waals surface area (Å²) in [5, 5.41) is 7.12. The van der Waals surface area contributed by atoms with Gasteiger partial charge in [0.25, 0.3) is 0 Å². The molecule has 9 aromatic carbocycles. The van der Waals surface area contributed by atoms with E-state index in [-0.39, 0.29) is 0 Å². The average Bonchev–Trinajstić information content (AvgIpc) is 4.06. The lowest BCUT2D eigenvalue weighted by atomic mass is 10.0. The first kappa shape index (κ1) is 38.8. The Kier molecular flexibility index (Phi) is 8.75. The highest BCUT2D eigenvalue weighted by Gasteiger charge is 2.23. The summed E-state index contributed by atoms with van der Waals surface area (Å²) in [6.45, 7) is 0. The van der Waals surface area contributed by atoms with Crippen LogP contribution in [0.5, 0.6) is 0 Å². The van der Waals surface area contributed by atoms with E-state index in [1.54, 1.807) is 0 Å². The Morgan fingerprint density at radius 3 is 1.16 bits per heavy atom. The summed E-state index contributed by atoms with van der Waals surface area (Å²) in [6.07, 6.45) is 1.85. The van der Waals surface area contributed by atoms with Gasteiger partial charge in [-0.05, 0) is 72.8 Å². The Bertz CT molecular complexity index is 3970. The van der Waals surface area contributed by atoms with Crippen LogP contribution < -0.4 is 0 Å². The van der Waals surface area contributed by atoms with Crippen molar-refractivity contribution in [2.75, 3.05) is 0 Å². The van der Waals surface area contributed by atoms with Gasteiger partial charge in [0.15, 0.2) is 17.5 Å². The Hall–Kier alpha value is -9.46. The molecule has 14 rings (SSSR count). The molecule has 322 valence electrons. The molecular weight excluding hydrogens is 843 g/mol. The van der Waals surface area contributed by atoms with Gasteiger partial charge in [-0.25, -0.2) is 15.0 Å². The van der Waals surface area contributed by atoms with Gasteiger partial charge in [0.1, 0.15) is 0 Å². The highest BCUT2D eigenvalue weighted by molar-refractivity contribution is 6.14. The molecule has 7 heteroatoms. The molecule has 0 saturated carbocycles. The topological polar surface area (TPSA) is 66.3 Å². The summed E-state index contributed by atoms with van der Waals surface area (Å²) in [5.41, 5.74) is 14.3. The summed E-state index contributed by atoms with van der Waals surface area (Å²) in [7, 11) is 0. The van der Waals surface area contributed by atoms with Gasteiger partial charge >= 0.3 is 0 Å². The lowest BCUT2D eigenvalue weighted by Crippen LogP contribution is -2.04. The molecule has 0 unspecified atom stereocenters. The predicted octanol–water partition coefficient (Wildman–Crippen LogP) is 15.2. The smallest absolute Gasteiger partial charge is 0.166 e. The third-order valence-electron chi connectivity index (χ3n) is 13.6. The van der Waals surface area contributed by atoms with Crippen molar-refractivity contribution in [3.8, 4) is 62.5 Å². The summed E-state index contributed by atoms with van der Waals surface area (Å²) in [6, 6.07) is 81.5. The molecule has 0 aliphatic rings. The largest absolute Gasteiger partial charge is 0.309 e. The van der Waals surface area contributed by atoms with Crippen LogP contribution in [0.15, 0.2) is 237 Å². The summed E-state index contributed by atoms with van der Waals surface area (Å²) in [5.74, 6) is 1.77. The molecule has 0 bridgehead atoms. The first-order valence-electron chi connectivity index (χ1n) is 23.2. The average molecular weight is 882 g/mol. The van der Waals surface area contributed by atoms with E-state index in [2.05, 4.69) is 196 Å². The van der Waals surface area contributed by atoms with Crippen LogP contribution in [0.4, 0.5) is 0 Å². The molecular formula is C62H39N7. The van der Waals surface area contributed by atoms with Gasteiger partial charge in [0, 0.05) is 72.1 Å². The second kappa shape index (κ2) is 15.6. The van der Waals surface area contributed by atoms with Gasteiger partial charge in [-0.3, -0.25) is 4.98 Å². The normalized spacial score (nSPS) is 11.8. The lowest BCUT2D eigenvalue weighted by molar-refractivity contribution is 1.06. The molecule has 0 atom stereocenters. The van der Waals surface area contributed by atoms with Gasteiger partial charge < -0.3 is 13.7 Å². The first-order valence-corrected chi connectivity index (χ1v) is 23.2. The van der Waals surface area contributed by atoms with Crippen molar-refractivity contribution < 1.29 is 0 Å². The van der Waals surface area contributed by atoms with Crippen molar-refractivity contribution in [2.24, 2.45) is 0 Å². The number of fused-ring (bicyclic) bond motifs is 9. The van der Waals surface area contributed by atoms with E-state index in [9.17, 15) is 0 Å². The van der Waals surface area contributed by atoms with Crippen molar-refractivity contribution in [1.29, 1.82) is 0 Å². The molecule has 0 amide bonds. The molecule has 0 radical (unpaired) electrons. The Balaban J connectivity index is 1.11. The van der Waals surface area contributed by atoms with E-state index >= 15 is 0 Å². The van der Waals surface area contributed by atoms with Crippen LogP contribution in [0.25, 0.3) is 128 Å². The number of aromatic nitrogens is 7. The minimum Gasteiger partial charge on any atom is -0.309 e. The van der Waals surface area contributed by atoms with Gasteiger partial charge in [-0.1, -0.05) is 158 Å². The maximum atomic E-state index is 5.33. The van der Waals surface area contributed by atoms with Crippen LogP contribution in [0.1, 0.15) is 0 Å². The van der Waals surface area contributed by atoms with Gasteiger partial charge in [-0.2, -0.15) is 0 Å². The fourth-order valence-electron chi connectivity index (χ4n) is 10.5. The van der Waals surface area contributed by atoms with Crippen molar-refractivity contribution >= 4 is 65.4 Å². The van der Waals surface area contributed by atoms with E-state index in [0.717, 1.165) is 88.9 Å². The van der Waals surface area contributed by atoms with Crippen molar-refractivity contribution in [3.63, 3.8) is 0 Å². The van der Waals surface area contributed by atoms with E-state index in [4.69, 9.17) is 19.9 Å². The van der Waals surface area contributed by atoms with Crippen molar-refractivity contribution in [2.45, 2.75) is 0 Å². The number of hydrogen-bond acceptors (Lipinski definition) is 4. The second-order valence-corrected chi connectivity index (χ2v) is 17.5.